The maximum absolute atomic E-state index is 11.0. The van der Waals surface area contributed by atoms with Gasteiger partial charge in [0, 0.05) is 35.3 Å². The number of carbonyl (C=O) groups is 1. The van der Waals surface area contributed by atoms with Crippen molar-refractivity contribution in [1.82, 2.24) is 29.5 Å². The van der Waals surface area contributed by atoms with Crippen LogP contribution in [0.15, 0.2) is 71.9 Å². The van der Waals surface area contributed by atoms with Gasteiger partial charge in [0.2, 0.25) is 5.88 Å². The van der Waals surface area contributed by atoms with Gasteiger partial charge >= 0.3 is 5.97 Å². The lowest BCUT2D eigenvalue weighted by Crippen LogP contribution is -2.04. The zero-order chi connectivity index (χ0) is 22.9. The zero-order valence-corrected chi connectivity index (χ0v) is 18.3. The molecule has 0 radical (unpaired) electrons. The number of fused-ring (bicyclic) bond motifs is 1. The molecule has 0 saturated carbocycles. The molecule has 33 heavy (non-hydrogen) atoms. The Bertz CT molecular complexity index is 1470. The molecule has 0 aromatic carbocycles. The summed E-state index contributed by atoms with van der Waals surface area (Å²) in [4.78, 5) is 28.1. The van der Waals surface area contributed by atoms with Crippen molar-refractivity contribution in [2.24, 2.45) is 0 Å². The average molecular weight is 504 g/mol. The highest BCUT2D eigenvalue weighted by molar-refractivity contribution is 9.10. The molecule has 0 aliphatic heterocycles. The van der Waals surface area contributed by atoms with Crippen LogP contribution < -0.4 is 10.5 Å². The predicted octanol–water partition coefficient (Wildman–Crippen LogP) is 4.08. The topological polar surface area (TPSA) is 141 Å². The summed E-state index contributed by atoms with van der Waals surface area (Å²) in [7, 11) is 0. The molecule has 0 unspecified atom stereocenters. The second-order valence-corrected chi connectivity index (χ2v) is 7.66. The van der Waals surface area contributed by atoms with Crippen LogP contribution in [0, 0.1) is 0 Å². The maximum Gasteiger partial charge on any atom is 0.354 e. The van der Waals surface area contributed by atoms with Crippen molar-refractivity contribution in [3.05, 3.63) is 77.5 Å². The number of carboxylic acid groups (broad SMARTS) is 1. The third-order valence-corrected chi connectivity index (χ3v) is 5.54. The van der Waals surface area contributed by atoms with Crippen LogP contribution in [0.3, 0.4) is 0 Å². The summed E-state index contributed by atoms with van der Waals surface area (Å²) in [6.45, 7) is 0. The number of carboxylic acids is 1. The molecule has 0 aliphatic rings. The van der Waals surface area contributed by atoms with Crippen LogP contribution in [0.2, 0.25) is 0 Å². The molecule has 0 fully saturated rings. The number of rotatable bonds is 5. The monoisotopic (exact) mass is 503 g/mol. The van der Waals surface area contributed by atoms with Gasteiger partial charge in [-0.25, -0.2) is 9.78 Å². The second kappa shape index (κ2) is 8.28. The fraction of sp³-hybridized carbons (Fsp3) is 0. The molecule has 5 rings (SSSR count). The molecule has 0 amide bonds. The number of anilines is 1. The molecule has 0 bridgehead atoms. The molecule has 5 heterocycles. The quantitative estimate of drug-likeness (QED) is 0.362. The van der Waals surface area contributed by atoms with Gasteiger partial charge in [0.25, 0.3) is 0 Å². The van der Waals surface area contributed by atoms with E-state index in [1.54, 1.807) is 24.8 Å². The number of aromatic nitrogens is 6. The van der Waals surface area contributed by atoms with E-state index in [2.05, 4.69) is 41.0 Å². The van der Waals surface area contributed by atoms with Crippen molar-refractivity contribution < 1.29 is 14.6 Å². The molecule has 5 aromatic heterocycles. The van der Waals surface area contributed by atoms with E-state index in [1.165, 1.54) is 22.8 Å². The Labute approximate surface area is 194 Å². The summed E-state index contributed by atoms with van der Waals surface area (Å²) < 4.78 is 7.71. The summed E-state index contributed by atoms with van der Waals surface area (Å²) in [6, 6.07) is 10.4. The first-order chi connectivity index (χ1) is 16.0. The van der Waals surface area contributed by atoms with Crippen LogP contribution in [0.1, 0.15) is 10.5 Å². The molecule has 0 spiro atoms. The lowest BCUT2D eigenvalue weighted by molar-refractivity contribution is 0.0690. The van der Waals surface area contributed by atoms with Gasteiger partial charge in [-0.1, -0.05) is 6.07 Å². The first-order valence-corrected chi connectivity index (χ1v) is 10.4. The summed E-state index contributed by atoms with van der Waals surface area (Å²) in [5.41, 5.74) is 9.83. The Morgan fingerprint density at radius 2 is 1.91 bits per heavy atom. The Morgan fingerprint density at radius 1 is 1.03 bits per heavy atom. The van der Waals surface area contributed by atoms with Crippen molar-refractivity contribution >= 4 is 33.4 Å². The molecule has 0 aliphatic carbocycles. The minimum absolute atomic E-state index is 0.0929. The van der Waals surface area contributed by atoms with Gasteiger partial charge in [-0.15, -0.1) is 0 Å². The number of nitrogen functional groups attached to an aromatic ring is 1. The Morgan fingerprint density at radius 3 is 2.58 bits per heavy atom. The standard InChI is InChI=1S/C22H14BrN7O3/c23-18-19(24)30-20(29-21(18)33-14-4-6-17(22(31)32)27-10-14)15(11-28-30)12-3-5-16(26-9-12)13-2-1-7-25-8-13/h1-11H,24H2,(H,31,32). The van der Waals surface area contributed by atoms with E-state index in [9.17, 15) is 4.79 Å². The zero-order valence-electron chi connectivity index (χ0n) is 16.8. The third kappa shape index (κ3) is 3.85. The van der Waals surface area contributed by atoms with Crippen molar-refractivity contribution in [2.75, 3.05) is 5.73 Å². The number of hydrogen-bond donors (Lipinski definition) is 2. The van der Waals surface area contributed by atoms with Crippen LogP contribution in [0.5, 0.6) is 11.6 Å². The maximum atomic E-state index is 11.0. The molecule has 11 heteroatoms. The molecule has 3 N–H and O–H groups in total. The molecule has 10 nitrogen and oxygen atoms in total. The van der Waals surface area contributed by atoms with Gasteiger partial charge < -0.3 is 15.6 Å². The second-order valence-electron chi connectivity index (χ2n) is 6.87. The smallest absolute Gasteiger partial charge is 0.354 e. The number of aromatic carboxylic acids is 1. The highest BCUT2D eigenvalue weighted by Crippen LogP contribution is 2.35. The number of nitrogens with zero attached hydrogens (tertiary/aromatic N) is 6. The summed E-state index contributed by atoms with van der Waals surface area (Å²) >= 11 is 3.39. The predicted molar refractivity (Wildman–Crippen MR) is 123 cm³/mol. The molecular formula is C22H14BrN7O3. The largest absolute Gasteiger partial charge is 0.477 e. The SMILES string of the molecule is Nc1c(Br)c(Oc2ccc(C(=O)O)nc2)nc2c(-c3ccc(-c4cccnc4)nc3)cnn12. The number of pyridine rings is 3. The number of halogens is 1. The number of ether oxygens (including phenoxy) is 1. The highest BCUT2D eigenvalue weighted by atomic mass is 79.9. The molecule has 5 aromatic rings. The van der Waals surface area contributed by atoms with Crippen LogP contribution in [0.25, 0.3) is 28.0 Å². The van der Waals surface area contributed by atoms with Gasteiger partial charge in [-0.2, -0.15) is 14.6 Å². The summed E-state index contributed by atoms with van der Waals surface area (Å²) in [6.07, 6.45) is 8.14. The fourth-order valence-electron chi connectivity index (χ4n) is 3.16. The minimum Gasteiger partial charge on any atom is -0.477 e. The van der Waals surface area contributed by atoms with Crippen molar-refractivity contribution in [1.29, 1.82) is 0 Å². The van der Waals surface area contributed by atoms with Crippen LogP contribution in [-0.2, 0) is 0 Å². The van der Waals surface area contributed by atoms with Crippen LogP contribution >= 0.6 is 15.9 Å². The third-order valence-electron chi connectivity index (χ3n) is 4.79. The Balaban J connectivity index is 1.52. The van der Waals surface area contributed by atoms with E-state index in [4.69, 9.17) is 15.6 Å². The number of nitrogens with two attached hydrogens (primary N) is 1. The Hall–Kier alpha value is -4.38. The van der Waals surface area contributed by atoms with Crippen LogP contribution in [-0.4, -0.2) is 40.6 Å². The summed E-state index contributed by atoms with van der Waals surface area (Å²) in [5.74, 6) is -0.345. The number of hydrogen-bond acceptors (Lipinski definition) is 8. The molecule has 162 valence electrons. The average Bonchev–Trinajstić information content (AvgIpc) is 3.27. The van der Waals surface area contributed by atoms with E-state index < -0.39 is 5.97 Å². The molecule has 0 saturated heterocycles. The highest BCUT2D eigenvalue weighted by Gasteiger charge is 2.18. The molecular weight excluding hydrogens is 490 g/mol. The lowest BCUT2D eigenvalue weighted by atomic mass is 10.1. The normalized spacial score (nSPS) is 10.9. The summed E-state index contributed by atoms with van der Waals surface area (Å²) in [5, 5.41) is 13.3. The van der Waals surface area contributed by atoms with E-state index in [-0.39, 0.29) is 17.4 Å². The van der Waals surface area contributed by atoms with E-state index in [0.29, 0.717) is 21.4 Å². The van der Waals surface area contributed by atoms with Gasteiger partial charge in [0.1, 0.15) is 21.7 Å². The lowest BCUT2D eigenvalue weighted by Gasteiger charge is -2.10. The first-order valence-electron chi connectivity index (χ1n) is 9.58. The van der Waals surface area contributed by atoms with Gasteiger partial charge in [0.15, 0.2) is 5.65 Å². The van der Waals surface area contributed by atoms with Crippen LogP contribution in [0.4, 0.5) is 5.82 Å². The Kier molecular flexibility index (Phi) is 5.15. The van der Waals surface area contributed by atoms with Crippen molar-refractivity contribution in [3.63, 3.8) is 0 Å². The minimum atomic E-state index is -1.13. The van der Waals surface area contributed by atoms with E-state index in [0.717, 1.165) is 16.8 Å². The van der Waals surface area contributed by atoms with Gasteiger partial charge in [-0.05, 0) is 46.3 Å². The molecule has 0 atom stereocenters. The van der Waals surface area contributed by atoms with Crippen molar-refractivity contribution in [2.45, 2.75) is 0 Å². The fourth-order valence-corrected chi connectivity index (χ4v) is 3.50. The van der Waals surface area contributed by atoms with E-state index in [1.807, 2.05) is 24.3 Å². The van der Waals surface area contributed by atoms with E-state index >= 15 is 0 Å². The van der Waals surface area contributed by atoms with Gasteiger partial charge in [-0.3, -0.25) is 9.97 Å². The van der Waals surface area contributed by atoms with Crippen molar-refractivity contribution in [3.8, 4) is 34.0 Å². The first kappa shape index (κ1) is 20.5. The van der Waals surface area contributed by atoms with Gasteiger partial charge in [0.05, 0.1) is 18.1 Å².